The maximum Gasteiger partial charge on any atom is 0.337 e. The van der Waals surface area contributed by atoms with Crippen molar-refractivity contribution in [1.29, 1.82) is 0 Å². The van der Waals surface area contributed by atoms with Crippen LogP contribution in [0.4, 0.5) is 0 Å². The second-order valence-corrected chi connectivity index (χ2v) is 3.88. The Morgan fingerprint density at radius 2 is 2.06 bits per heavy atom. The molecule has 0 aromatic heterocycles. The van der Waals surface area contributed by atoms with Crippen LogP contribution in [0.2, 0.25) is 0 Å². The van der Waals surface area contributed by atoms with Gasteiger partial charge in [0.25, 0.3) is 0 Å². The number of aliphatic carboxylic acids is 1. The Bertz CT molecular complexity index is 423. The lowest BCUT2D eigenvalue weighted by atomic mass is 10.0. The van der Waals surface area contributed by atoms with Crippen molar-refractivity contribution in [3.8, 4) is 0 Å². The number of carboxylic acid groups (broad SMARTS) is 1. The van der Waals surface area contributed by atoms with Crippen molar-refractivity contribution in [2.75, 3.05) is 7.11 Å². The third-order valence-electron chi connectivity index (χ3n) is 2.60. The fourth-order valence-electron chi connectivity index (χ4n) is 1.65. The molecule has 92 valence electrons. The van der Waals surface area contributed by atoms with E-state index in [1.807, 2.05) is 13.0 Å². The highest BCUT2D eigenvalue weighted by Crippen LogP contribution is 2.14. The van der Waals surface area contributed by atoms with Crippen molar-refractivity contribution in [2.24, 2.45) is 0 Å². The molecule has 0 saturated heterocycles. The molecule has 17 heavy (non-hydrogen) atoms. The third-order valence-corrected chi connectivity index (χ3v) is 2.60. The highest BCUT2D eigenvalue weighted by Gasteiger charge is 2.07. The molecule has 0 aliphatic carbocycles. The van der Waals surface area contributed by atoms with Gasteiger partial charge in [-0.2, -0.15) is 0 Å². The largest absolute Gasteiger partial charge is 0.481 e. The van der Waals surface area contributed by atoms with Crippen LogP contribution in [0.3, 0.4) is 0 Å². The number of hydrogen-bond acceptors (Lipinski definition) is 3. The van der Waals surface area contributed by atoms with Crippen molar-refractivity contribution in [3.05, 3.63) is 34.9 Å². The van der Waals surface area contributed by atoms with Crippen LogP contribution in [0.15, 0.2) is 18.2 Å². The fourth-order valence-corrected chi connectivity index (χ4v) is 1.65. The van der Waals surface area contributed by atoms with E-state index in [1.54, 1.807) is 12.1 Å². The first-order valence-corrected chi connectivity index (χ1v) is 5.44. The number of benzene rings is 1. The van der Waals surface area contributed by atoms with Gasteiger partial charge in [-0.05, 0) is 43.0 Å². The van der Waals surface area contributed by atoms with E-state index in [2.05, 4.69) is 4.74 Å². The summed E-state index contributed by atoms with van der Waals surface area (Å²) in [6, 6.07) is 5.32. The van der Waals surface area contributed by atoms with Crippen LogP contribution in [-0.2, 0) is 16.0 Å². The van der Waals surface area contributed by atoms with Gasteiger partial charge in [-0.3, -0.25) is 4.79 Å². The van der Waals surface area contributed by atoms with Gasteiger partial charge in [0, 0.05) is 6.42 Å². The maximum absolute atomic E-state index is 11.3. The van der Waals surface area contributed by atoms with Gasteiger partial charge < -0.3 is 9.84 Å². The SMILES string of the molecule is COC(=O)c1ccc(CCCC(=O)O)c(C)c1. The zero-order valence-electron chi connectivity index (χ0n) is 10.0. The van der Waals surface area contributed by atoms with Gasteiger partial charge in [-0.25, -0.2) is 4.79 Å². The molecule has 0 aliphatic heterocycles. The van der Waals surface area contributed by atoms with E-state index in [4.69, 9.17) is 5.11 Å². The summed E-state index contributed by atoms with van der Waals surface area (Å²) in [6.07, 6.45) is 1.48. The molecular weight excluding hydrogens is 220 g/mol. The summed E-state index contributed by atoms with van der Waals surface area (Å²) in [5.41, 5.74) is 2.57. The van der Waals surface area contributed by atoms with Crippen LogP contribution in [-0.4, -0.2) is 24.2 Å². The fraction of sp³-hybridized carbons (Fsp3) is 0.385. The minimum absolute atomic E-state index is 0.165. The number of carbonyl (C=O) groups is 2. The Morgan fingerprint density at radius 3 is 2.59 bits per heavy atom. The zero-order chi connectivity index (χ0) is 12.8. The molecule has 0 amide bonds. The Labute approximate surface area is 100 Å². The van der Waals surface area contributed by atoms with Crippen LogP contribution in [0.1, 0.15) is 34.3 Å². The van der Waals surface area contributed by atoms with Crippen LogP contribution < -0.4 is 0 Å². The molecular formula is C13H16O4. The van der Waals surface area contributed by atoms with Crippen molar-refractivity contribution in [1.82, 2.24) is 0 Å². The second kappa shape index (κ2) is 6.03. The number of carboxylic acids is 1. The normalized spacial score (nSPS) is 10.0. The smallest absolute Gasteiger partial charge is 0.337 e. The van der Waals surface area contributed by atoms with E-state index < -0.39 is 5.97 Å². The first kappa shape index (κ1) is 13.2. The average molecular weight is 236 g/mol. The van der Waals surface area contributed by atoms with Crippen LogP contribution in [0.5, 0.6) is 0 Å². The van der Waals surface area contributed by atoms with E-state index in [0.717, 1.165) is 11.1 Å². The number of carbonyl (C=O) groups excluding carboxylic acids is 1. The number of esters is 1. The second-order valence-electron chi connectivity index (χ2n) is 3.88. The molecule has 1 aromatic rings. The van der Waals surface area contributed by atoms with Crippen molar-refractivity contribution in [2.45, 2.75) is 26.2 Å². The summed E-state index contributed by atoms with van der Waals surface area (Å²) in [7, 11) is 1.35. The van der Waals surface area contributed by atoms with Crippen molar-refractivity contribution >= 4 is 11.9 Å². The van der Waals surface area contributed by atoms with Gasteiger partial charge in [0.2, 0.25) is 0 Å². The van der Waals surface area contributed by atoms with E-state index in [1.165, 1.54) is 7.11 Å². The molecule has 0 heterocycles. The summed E-state index contributed by atoms with van der Waals surface area (Å²) in [5.74, 6) is -1.14. The Kier molecular flexibility index (Phi) is 4.69. The lowest BCUT2D eigenvalue weighted by Gasteiger charge is -2.07. The van der Waals surface area contributed by atoms with Crippen LogP contribution in [0.25, 0.3) is 0 Å². The lowest BCUT2D eigenvalue weighted by Crippen LogP contribution is -2.03. The maximum atomic E-state index is 11.3. The molecule has 0 fully saturated rings. The minimum Gasteiger partial charge on any atom is -0.481 e. The molecule has 0 aliphatic rings. The minimum atomic E-state index is -0.783. The zero-order valence-corrected chi connectivity index (χ0v) is 10.0. The molecule has 0 bridgehead atoms. The number of methoxy groups -OCH3 is 1. The summed E-state index contributed by atoms with van der Waals surface area (Å²) >= 11 is 0. The molecule has 4 nitrogen and oxygen atoms in total. The van der Waals surface area contributed by atoms with E-state index in [0.29, 0.717) is 18.4 Å². The average Bonchev–Trinajstić information content (AvgIpc) is 2.29. The Hall–Kier alpha value is -1.84. The standard InChI is InChI=1S/C13H16O4/c1-9-8-11(13(16)17-2)7-6-10(9)4-3-5-12(14)15/h6-8H,3-5H2,1-2H3,(H,14,15). The summed E-state index contributed by atoms with van der Waals surface area (Å²) < 4.78 is 4.63. The molecule has 0 unspecified atom stereocenters. The van der Waals surface area contributed by atoms with Crippen LogP contribution in [0, 0.1) is 6.92 Å². The van der Waals surface area contributed by atoms with Crippen LogP contribution >= 0.6 is 0 Å². The van der Waals surface area contributed by atoms with E-state index in [-0.39, 0.29) is 12.4 Å². The highest BCUT2D eigenvalue weighted by molar-refractivity contribution is 5.89. The quantitative estimate of drug-likeness (QED) is 0.796. The first-order chi connectivity index (χ1) is 8.04. The van der Waals surface area contributed by atoms with E-state index in [9.17, 15) is 9.59 Å². The Balaban J connectivity index is 2.69. The molecule has 0 atom stereocenters. The molecule has 1 aromatic carbocycles. The lowest BCUT2D eigenvalue weighted by molar-refractivity contribution is -0.137. The molecule has 4 heteroatoms. The number of ether oxygens (including phenoxy) is 1. The summed E-state index contributed by atoms with van der Waals surface area (Å²) in [5, 5.41) is 8.55. The van der Waals surface area contributed by atoms with Gasteiger partial charge >= 0.3 is 11.9 Å². The van der Waals surface area contributed by atoms with Gasteiger partial charge in [0.05, 0.1) is 12.7 Å². The molecule has 1 N–H and O–H groups in total. The first-order valence-electron chi connectivity index (χ1n) is 5.44. The van der Waals surface area contributed by atoms with Gasteiger partial charge in [0.15, 0.2) is 0 Å². The number of hydrogen-bond donors (Lipinski definition) is 1. The predicted molar refractivity (Wildman–Crippen MR) is 63.1 cm³/mol. The molecule has 0 spiro atoms. The predicted octanol–water partition coefficient (Wildman–Crippen LogP) is 2.19. The number of aryl methyl sites for hydroxylation is 2. The van der Waals surface area contributed by atoms with Gasteiger partial charge in [-0.1, -0.05) is 6.07 Å². The van der Waals surface area contributed by atoms with E-state index >= 15 is 0 Å². The molecule has 0 saturated carbocycles. The highest BCUT2D eigenvalue weighted by atomic mass is 16.5. The van der Waals surface area contributed by atoms with Crippen molar-refractivity contribution in [3.63, 3.8) is 0 Å². The molecule has 1 rings (SSSR count). The van der Waals surface area contributed by atoms with Crippen molar-refractivity contribution < 1.29 is 19.4 Å². The summed E-state index contributed by atoms with van der Waals surface area (Å²) in [6.45, 7) is 1.91. The Morgan fingerprint density at radius 1 is 1.35 bits per heavy atom. The third kappa shape index (κ3) is 3.90. The van der Waals surface area contributed by atoms with Gasteiger partial charge in [0.1, 0.15) is 0 Å². The summed E-state index contributed by atoms with van der Waals surface area (Å²) in [4.78, 5) is 21.7. The van der Waals surface area contributed by atoms with Gasteiger partial charge in [-0.15, -0.1) is 0 Å². The topological polar surface area (TPSA) is 63.6 Å². The molecule has 0 radical (unpaired) electrons. The number of rotatable bonds is 5. The monoisotopic (exact) mass is 236 g/mol.